The summed E-state index contributed by atoms with van der Waals surface area (Å²) in [6, 6.07) is 6.33. The van der Waals surface area contributed by atoms with Crippen LogP contribution in [0.1, 0.15) is 23.5 Å². The van der Waals surface area contributed by atoms with Gasteiger partial charge in [-0.1, -0.05) is 6.07 Å². The number of alkyl halides is 3. The molecular weight excluding hydrogens is 438 g/mol. The molecule has 1 aromatic carbocycles. The SMILES string of the molecule is Cc1nc(CN2CCC3(CC(=O)N(c4cccc(F)c4)C3)C2)cs1.O=C(O)C(F)(F)F. The molecule has 1 unspecified atom stereocenters. The second-order valence-electron chi connectivity index (χ2n) is 7.76. The second-order valence-corrected chi connectivity index (χ2v) is 8.82. The van der Waals surface area contributed by atoms with E-state index in [1.54, 1.807) is 22.3 Å². The number of carbonyl (C=O) groups is 2. The lowest BCUT2D eigenvalue weighted by molar-refractivity contribution is -0.192. The van der Waals surface area contributed by atoms with Gasteiger partial charge >= 0.3 is 12.1 Å². The van der Waals surface area contributed by atoms with E-state index >= 15 is 0 Å². The third kappa shape index (κ3) is 5.79. The van der Waals surface area contributed by atoms with Crippen molar-refractivity contribution in [2.24, 2.45) is 5.41 Å². The Labute approximate surface area is 180 Å². The van der Waals surface area contributed by atoms with Crippen LogP contribution in [0.25, 0.3) is 0 Å². The highest BCUT2D eigenvalue weighted by molar-refractivity contribution is 7.09. The van der Waals surface area contributed by atoms with Crippen molar-refractivity contribution in [2.45, 2.75) is 32.5 Å². The van der Waals surface area contributed by atoms with E-state index in [0.717, 1.165) is 36.8 Å². The van der Waals surface area contributed by atoms with Gasteiger partial charge in [0.2, 0.25) is 5.91 Å². The third-order valence-electron chi connectivity index (χ3n) is 5.25. The quantitative estimate of drug-likeness (QED) is 0.706. The maximum absolute atomic E-state index is 13.5. The molecule has 3 heterocycles. The van der Waals surface area contributed by atoms with Gasteiger partial charge in [-0.2, -0.15) is 13.2 Å². The van der Waals surface area contributed by atoms with Crippen molar-refractivity contribution in [1.82, 2.24) is 9.88 Å². The summed E-state index contributed by atoms with van der Waals surface area (Å²) in [6.45, 7) is 5.44. The first-order valence-electron chi connectivity index (χ1n) is 9.47. The van der Waals surface area contributed by atoms with Crippen LogP contribution in [0.2, 0.25) is 0 Å². The number of aliphatic carboxylic acids is 1. The fourth-order valence-corrected chi connectivity index (χ4v) is 4.52. The highest BCUT2D eigenvalue weighted by Crippen LogP contribution is 2.42. The van der Waals surface area contributed by atoms with Crippen LogP contribution < -0.4 is 4.90 Å². The van der Waals surface area contributed by atoms with Gasteiger partial charge in [0, 0.05) is 42.5 Å². The molecule has 11 heteroatoms. The number of amides is 1. The smallest absolute Gasteiger partial charge is 0.475 e. The highest BCUT2D eigenvalue weighted by Gasteiger charge is 2.47. The standard InChI is InChI=1S/C18H20FN3OS.C2HF3O2/c1-13-20-15(10-24-13)9-21-6-5-18(11-21)8-17(23)22(12-18)16-4-2-3-14(19)7-16;3-2(4,5)1(6)7/h2-4,7,10H,5-6,8-9,11-12H2,1H3;(H,6,7). The van der Waals surface area contributed by atoms with Gasteiger partial charge in [-0.05, 0) is 38.1 Å². The molecule has 1 amide bonds. The number of hydrogen-bond donors (Lipinski definition) is 1. The Morgan fingerprint density at radius 2 is 2.03 bits per heavy atom. The van der Waals surface area contributed by atoms with Crippen molar-refractivity contribution in [2.75, 3.05) is 24.5 Å². The Morgan fingerprint density at radius 3 is 2.61 bits per heavy atom. The van der Waals surface area contributed by atoms with E-state index in [1.807, 2.05) is 13.0 Å². The summed E-state index contributed by atoms with van der Waals surface area (Å²) in [5, 5.41) is 10.3. The number of thiazole rings is 1. The largest absolute Gasteiger partial charge is 0.490 e. The molecule has 2 aromatic rings. The van der Waals surface area contributed by atoms with Crippen LogP contribution >= 0.6 is 11.3 Å². The topological polar surface area (TPSA) is 73.7 Å². The van der Waals surface area contributed by atoms with Crippen molar-refractivity contribution in [3.63, 3.8) is 0 Å². The van der Waals surface area contributed by atoms with Gasteiger partial charge in [0.25, 0.3) is 0 Å². The van der Waals surface area contributed by atoms with E-state index in [1.165, 1.54) is 12.1 Å². The van der Waals surface area contributed by atoms with E-state index in [4.69, 9.17) is 9.90 Å². The van der Waals surface area contributed by atoms with Crippen LogP contribution in [0.3, 0.4) is 0 Å². The molecular formula is C20H21F4N3O3S. The van der Waals surface area contributed by atoms with E-state index < -0.39 is 12.1 Å². The van der Waals surface area contributed by atoms with Crippen molar-refractivity contribution >= 4 is 28.9 Å². The lowest BCUT2D eigenvalue weighted by Crippen LogP contribution is -2.31. The number of rotatable bonds is 3. The van der Waals surface area contributed by atoms with Crippen LogP contribution in [0.5, 0.6) is 0 Å². The monoisotopic (exact) mass is 459 g/mol. The molecule has 2 saturated heterocycles. The summed E-state index contributed by atoms with van der Waals surface area (Å²) in [5.41, 5.74) is 1.78. The first-order chi connectivity index (χ1) is 14.5. The van der Waals surface area contributed by atoms with E-state index in [-0.39, 0.29) is 17.1 Å². The minimum Gasteiger partial charge on any atom is -0.475 e. The zero-order valence-electron chi connectivity index (χ0n) is 16.7. The Balaban J connectivity index is 0.000000339. The van der Waals surface area contributed by atoms with Crippen LogP contribution in [-0.4, -0.2) is 52.7 Å². The Kier molecular flexibility index (Phi) is 6.65. The Morgan fingerprint density at radius 1 is 1.32 bits per heavy atom. The Hall–Kier alpha value is -2.53. The highest BCUT2D eigenvalue weighted by atomic mass is 32.1. The fraction of sp³-hybridized carbons (Fsp3) is 0.450. The molecule has 1 N–H and O–H groups in total. The number of likely N-dealkylation sites (tertiary alicyclic amines) is 1. The van der Waals surface area contributed by atoms with E-state index in [2.05, 4.69) is 15.3 Å². The molecule has 0 saturated carbocycles. The van der Waals surface area contributed by atoms with Crippen molar-refractivity contribution in [3.8, 4) is 0 Å². The lowest BCUT2D eigenvalue weighted by Gasteiger charge is -2.24. The number of hydrogen-bond acceptors (Lipinski definition) is 5. The van der Waals surface area contributed by atoms with Crippen LogP contribution in [0.4, 0.5) is 23.2 Å². The molecule has 168 valence electrons. The maximum atomic E-state index is 13.5. The van der Waals surface area contributed by atoms with E-state index in [9.17, 15) is 22.4 Å². The summed E-state index contributed by atoms with van der Waals surface area (Å²) in [4.78, 5) is 30.1. The van der Waals surface area contributed by atoms with Gasteiger partial charge < -0.3 is 10.0 Å². The maximum Gasteiger partial charge on any atom is 0.490 e. The summed E-state index contributed by atoms with van der Waals surface area (Å²) in [7, 11) is 0. The number of carbonyl (C=O) groups excluding carboxylic acids is 1. The number of halogens is 4. The van der Waals surface area contributed by atoms with Crippen molar-refractivity contribution in [3.05, 3.63) is 46.2 Å². The van der Waals surface area contributed by atoms with Gasteiger partial charge in [0.1, 0.15) is 5.82 Å². The van der Waals surface area contributed by atoms with Crippen molar-refractivity contribution < 1.29 is 32.3 Å². The molecule has 1 atom stereocenters. The molecule has 6 nitrogen and oxygen atoms in total. The van der Waals surface area contributed by atoms with Crippen LogP contribution in [0.15, 0.2) is 29.6 Å². The Bertz CT molecular complexity index is 965. The van der Waals surface area contributed by atoms with Crippen LogP contribution in [-0.2, 0) is 16.1 Å². The summed E-state index contributed by atoms with van der Waals surface area (Å²) in [5.74, 6) is -2.95. The zero-order chi connectivity index (χ0) is 22.8. The number of aryl methyl sites for hydroxylation is 1. The lowest BCUT2D eigenvalue weighted by atomic mass is 9.86. The number of anilines is 1. The second kappa shape index (κ2) is 8.91. The number of nitrogens with zero attached hydrogens (tertiary/aromatic N) is 3. The minimum atomic E-state index is -5.08. The fourth-order valence-electron chi connectivity index (χ4n) is 3.92. The number of benzene rings is 1. The zero-order valence-corrected chi connectivity index (χ0v) is 17.5. The van der Waals surface area contributed by atoms with Crippen LogP contribution in [0, 0.1) is 18.2 Å². The molecule has 2 aliphatic heterocycles. The first-order valence-corrected chi connectivity index (χ1v) is 10.3. The summed E-state index contributed by atoms with van der Waals surface area (Å²) < 4.78 is 45.2. The minimum absolute atomic E-state index is 0.00549. The molecule has 4 rings (SSSR count). The molecule has 2 aliphatic rings. The van der Waals surface area contributed by atoms with E-state index in [0.29, 0.717) is 18.7 Å². The third-order valence-corrected chi connectivity index (χ3v) is 6.08. The molecule has 2 fully saturated rings. The molecule has 31 heavy (non-hydrogen) atoms. The predicted molar refractivity (Wildman–Crippen MR) is 106 cm³/mol. The van der Waals surface area contributed by atoms with Gasteiger partial charge in [-0.25, -0.2) is 14.2 Å². The predicted octanol–water partition coefficient (Wildman–Crippen LogP) is 3.85. The average molecular weight is 459 g/mol. The normalized spacial score (nSPS) is 21.5. The average Bonchev–Trinajstić information content (AvgIpc) is 3.35. The van der Waals surface area contributed by atoms with Gasteiger partial charge in [-0.3, -0.25) is 9.69 Å². The number of carboxylic acids is 1. The summed E-state index contributed by atoms with van der Waals surface area (Å²) in [6.07, 6.45) is -3.52. The molecule has 0 aliphatic carbocycles. The number of aromatic nitrogens is 1. The molecule has 0 bridgehead atoms. The first kappa shape index (κ1) is 23.1. The van der Waals surface area contributed by atoms with Crippen molar-refractivity contribution in [1.29, 1.82) is 0 Å². The van der Waals surface area contributed by atoms with Gasteiger partial charge in [0.05, 0.1) is 10.7 Å². The molecule has 1 aromatic heterocycles. The summed E-state index contributed by atoms with van der Waals surface area (Å²) >= 11 is 1.68. The van der Waals surface area contributed by atoms with Gasteiger partial charge in [-0.15, -0.1) is 11.3 Å². The van der Waals surface area contributed by atoms with Gasteiger partial charge in [0.15, 0.2) is 0 Å². The molecule has 0 radical (unpaired) electrons. The number of carboxylic acid groups (broad SMARTS) is 1. The molecule has 1 spiro atoms.